The fourth-order valence-electron chi connectivity index (χ4n) is 2.58. The number of nitro benzene ring substituents is 1. The van der Waals surface area contributed by atoms with Gasteiger partial charge in [0.2, 0.25) is 5.82 Å². The van der Waals surface area contributed by atoms with Gasteiger partial charge in [0.25, 0.3) is 0 Å². The zero-order valence-electron chi connectivity index (χ0n) is 14.2. The number of amides is 2. The number of nitro groups is 1. The second kappa shape index (κ2) is 8.09. The number of hydrogen-bond donors (Lipinski definition) is 1. The monoisotopic (exact) mass is 365 g/mol. The van der Waals surface area contributed by atoms with Crippen LogP contribution in [-0.2, 0) is 6.54 Å². The molecule has 0 aromatic heterocycles. The lowest BCUT2D eigenvalue weighted by molar-refractivity contribution is -0.387. The molecular formula is C20H16FN3O3. The third kappa shape index (κ3) is 4.46. The van der Waals surface area contributed by atoms with Crippen molar-refractivity contribution < 1.29 is 14.1 Å². The molecule has 136 valence electrons. The Morgan fingerprint density at radius 2 is 1.63 bits per heavy atom. The Morgan fingerprint density at radius 3 is 2.26 bits per heavy atom. The van der Waals surface area contributed by atoms with Gasteiger partial charge < -0.3 is 5.32 Å². The van der Waals surface area contributed by atoms with Crippen molar-refractivity contribution in [3.05, 3.63) is 100 Å². The first-order valence-electron chi connectivity index (χ1n) is 8.16. The van der Waals surface area contributed by atoms with Crippen molar-refractivity contribution in [2.45, 2.75) is 6.54 Å². The number of para-hydroxylation sites is 1. The number of hydrogen-bond acceptors (Lipinski definition) is 3. The van der Waals surface area contributed by atoms with Crippen LogP contribution in [0, 0.1) is 15.9 Å². The van der Waals surface area contributed by atoms with Crippen molar-refractivity contribution in [1.29, 1.82) is 0 Å². The SMILES string of the molecule is O=C(Nc1ccc(F)c([N+](=O)[O-])c1)N(Cc1ccccc1)c1ccccc1. The molecule has 3 aromatic carbocycles. The molecule has 0 atom stereocenters. The fraction of sp³-hybridized carbons (Fsp3) is 0.0500. The van der Waals surface area contributed by atoms with Crippen LogP contribution in [0.3, 0.4) is 0 Å². The Bertz CT molecular complexity index is 949. The number of carbonyl (C=O) groups excluding carboxylic acids is 1. The summed E-state index contributed by atoms with van der Waals surface area (Å²) in [6.07, 6.45) is 0. The number of anilines is 2. The summed E-state index contributed by atoms with van der Waals surface area (Å²) in [6, 6.07) is 21.2. The fourth-order valence-corrected chi connectivity index (χ4v) is 2.58. The highest BCUT2D eigenvalue weighted by molar-refractivity contribution is 6.01. The number of nitrogens with one attached hydrogen (secondary N) is 1. The van der Waals surface area contributed by atoms with Crippen molar-refractivity contribution in [3.8, 4) is 0 Å². The molecule has 0 saturated heterocycles. The second-order valence-corrected chi connectivity index (χ2v) is 5.76. The quantitative estimate of drug-likeness (QED) is 0.512. The summed E-state index contributed by atoms with van der Waals surface area (Å²) < 4.78 is 13.5. The average Bonchev–Trinajstić information content (AvgIpc) is 2.69. The molecule has 0 saturated carbocycles. The lowest BCUT2D eigenvalue weighted by Gasteiger charge is -2.23. The topological polar surface area (TPSA) is 75.5 Å². The highest BCUT2D eigenvalue weighted by Crippen LogP contribution is 2.23. The highest BCUT2D eigenvalue weighted by Gasteiger charge is 2.19. The molecule has 2 amide bonds. The molecule has 0 fully saturated rings. The van der Waals surface area contributed by atoms with E-state index in [9.17, 15) is 19.3 Å². The maximum Gasteiger partial charge on any atom is 0.326 e. The lowest BCUT2D eigenvalue weighted by atomic mass is 10.2. The van der Waals surface area contributed by atoms with E-state index in [0.717, 1.165) is 17.7 Å². The Labute approximate surface area is 155 Å². The van der Waals surface area contributed by atoms with E-state index in [1.165, 1.54) is 11.0 Å². The molecule has 0 unspecified atom stereocenters. The van der Waals surface area contributed by atoms with E-state index in [1.807, 2.05) is 48.5 Å². The molecule has 3 rings (SSSR count). The predicted octanol–water partition coefficient (Wildman–Crippen LogP) is 4.97. The largest absolute Gasteiger partial charge is 0.326 e. The summed E-state index contributed by atoms with van der Waals surface area (Å²) in [6.45, 7) is 0.306. The van der Waals surface area contributed by atoms with E-state index in [4.69, 9.17) is 0 Å². The van der Waals surface area contributed by atoms with Crippen LogP contribution in [0.15, 0.2) is 78.9 Å². The van der Waals surface area contributed by atoms with E-state index >= 15 is 0 Å². The number of halogens is 1. The van der Waals surface area contributed by atoms with E-state index in [-0.39, 0.29) is 5.69 Å². The summed E-state index contributed by atoms with van der Waals surface area (Å²) in [5.74, 6) is -0.956. The molecule has 6 nitrogen and oxygen atoms in total. The van der Waals surface area contributed by atoms with Gasteiger partial charge in [0.05, 0.1) is 11.5 Å². The standard InChI is InChI=1S/C20H16FN3O3/c21-18-12-11-16(13-19(18)24(26)27)22-20(25)23(17-9-5-2-6-10-17)14-15-7-3-1-4-8-15/h1-13H,14H2,(H,22,25). The van der Waals surface area contributed by atoms with Gasteiger partial charge in [-0.1, -0.05) is 48.5 Å². The van der Waals surface area contributed by atoms with Crippen LogP contribution in [0.5, 0.6) is 0 Å². The number of carbonyl (C=O) groups is 1. The van der Waals surface area contributed by atoms with Gasteiger partial charge in [0.15, 0.2) is 0 Å². The molecule has 0 spiro atoms. The number of rotatable bonds is 5. The van der Waals surface area contributed by atoms with Crippen LogP contribution < -0.4 is 10.2 Å². The molecule has 0 heterocycles. The lowest BCUT2D eigenvalue weighted by Crippen LogP contribution is -2.34. The average molecular weight is 365 g/mol. The Morgan fingerprint density at radius 1 is 1.00 bits per heavy atom. The maximum absolute atomic E-state index is 13.5. The Kier molecular flexibility index (Phi) is 5.41. The minimum absolute atomic E-state index is 0.141. The molecule has 3 aromatic rings. The van der Waals surface area contributed by atoms with E-state index < -0.39 is 22.5 Å². The third-order valence-electron chi connectivity index (χ3n) is 3.89. The van der Waals surface area contributed by atoms with Crippen LogP contribution in [0.25, 0.3) is 0 Å². The summed E-state index contributed by atoms with van der Waals surface area (Å²) in [7, 11) is 0. The molecule has 0 aliphatic carbocycles. The Hall–Kier alpha value is -3.74. The van der Waals surface area contributed by atoms with Gasteiger partial charge in [0, 0.05) is 17.4 Å². The van der Waals surface area contributed by atoms with Gasteiger partial charge in [-0.05, 0) is 29.8 Å². The molecule has 0 radical (unpaired) electrons. The first kappa shape index (κ1) is 18.1. The van der Waals surface area contributed by atoms with Crippen molar-refractivity contribution in [3.63, 3.8) is 0 Å². The molecule has 0 bridgehead atoms. The van der Waals surface area contributed by atoms with Gasteiger partial charge in [-0.15, -0.1) is 0 Å². The van der Waals surface area contributed by atoms with Gasteiger partial charge in [-0.2, -0.15) is 4.39 Å². The van der Waals surface area contributed by atoms with Gasteiger partial charge in [0.1, 0.15) is 0 Å². The van der Waals surface area contributed by atoms with Gasteiger partial charge >= 0.3 is 11.7 Å². The van der Waals surface area contributed by atoms with Gasteiger partial charge in [-0.25, -0.2) is 4.79 Å². The second-order valence-electron chi connectivity index (χ2n) is 5.76. The predicted molar refractivity (Wildman–Crippen MR) is 101 cm³/mol. The smallest absolute Gasteiger partial charge is 0.307 e. The molecular weight excluding hydrogens is 349 g/mol. The Balaban J connectivity index is 1.87. The number of benzene rings is 3. The zero-order valence-corrected chi connectivity index (χ0v) is 14.2. The number of nitrogens with zero attached hydrogens (tertiary/aromatic N) is 2. The van der Waals surface area contributed by atoms with Crippen molar-refractivity contribution in [2.75, 3.05) is 10.2 Å². The maximum atomic E-state index is 13.5. The van der Waals surface area contributed by atoms with Crippen LogP contribution >= 0.6 is 0 Å². The van der Waals surface area contributed by atoms with Crippen LogP contribution in [0.4, 0.5) is 26.2 Å². The number of urea groups is 1. The zero-order chi connectivity index (χ0) is 19.2. The minimum atomic E-state index is -0.956. The van der Waals surface area contributed by atoms with E-state index in [2.05, 4.69) is 5.32 Å². The molecule has 1 N–H and O–H groups in total. The molecule has 0 aliphatic rings. The summed E-state index contributed by atoms with van der Waals surface area (Å²) >= 11 is 0. The molecule has 0 aliphatic heterocycles. The molecule has 27 heavy (non-hydrogen) atoms. The first-order chi connectivity index (χ1) is 13.0. The molecule has 7 heteroatoms. The van der Waals surface area contributed by atoms with Crippen molar-refractivity contribution >= 4 is 23.1 Å². The van der Waals surface area contributed by atoms with Gasteiger partial charge in [-0.3, -0.25) is 15.0 Å². The van der Waals surface area contributed by atoms with E-state index in [0.29, 0.717) is 12.2 Å². The highest BCUT2D eigenvalue weighted by atomic mass is 19.1. The van der Waals surface area contributed by atoms with E-state index in [1.54, 1.807) is 12.1 Å². The summed E-state index contributed by atoms with van der Waals surface area (Å²) in [5, 5.41) is 13.5. The van der Waals surface area contributed by atoms with Crippen LogP contribution in [0.2, 0.25) is 0 Å². The van der Waals surface area contributed by atoms with Crippen molar-refractivity contribution in [2.24, 2.45) is 0 Å². The third-order valence-corrected chi connectivity index (χ3v) is 3.89. The van der Waals surface area contributed by atoms with Crippen LogP contribution in [0.1, 0.15) is 5.56 Å². The summed E-state index contributed by atoms with van der Waals surface area (Å²) in [4.78, 5) is 24.4. The normalized spacial score (nSPS) is 10.3. The minimum Gasteiger partial charge on any atom is -0.307 e. The summed E-state index contributed by atoms with van der Waals surface area (Å²) in [5.41, 5.74) is 1.03. The van der Waals surface area contributed by atoms with Crippen molar-refractivity contribution in [1.82, 2.24) is 0 Å². The van der Waals surface area contributed by atoms with Crippen LogP contribution in [-0.4, -0.2) is 11.0 Å². The first-order valence-corrected chi connectivity index (χ1v) is 8.16.